The molecule has 0 bridgehead atoms. The summed E-state index contributed by atoms with van der Waals surface area (Å²) in [6, 6.07) is 8.34. The number of H-pyrrole nitrogens is 1. The third kappa shape index (κ3) is 2.31. The number of rotatable bonds is 2. The summed E-state index contributed by atoms with van der Waals surface area (Å²) in [7, 11) is 0. The molecule has 0 atom stereocenters. The molecule has 2 rings (SSSR count). The second-order valence-electron chi connectivity index (χ2n) is 3.58. The molecule has 5 heteroatoms. The van der Waals surface area contributed by atoms with Gasteiger partial charge >= 0.3 is 5.69 Å². The lowest BCUT2D eigenvalue weighted by molar-refractivity contribution is 0.674. The number of benzene rings is 1. The number of nitrogens with zero attached hydrogens (tertiary/aromatic N) is 1. The van der Waals surface area contributed by atoms with Crippen molar-refractivity contribution in [3.05, 3.63) is 56.2 Å². The van der Waals surface area contributed by atoms with Gasteiger partial charge in [0.25, 0.3) is 5.56 Å². The van der Waals surface area contributed by atoms with E-state index in [0.29, 0.717) is 17.3 Å². The minimum Gasteiger partial charge on any atom is -0.307 e. The Hall–Kier alpha value is -1.81. The van der Waals surface area contributed by atoms with Gasteiger partial charge in [0.1, 0.15) is 0 Å². The van der Waals surface area contributed by atoms with E-state index in [9.17, 15) is 9.59 Å². The van der Waals surface area contributed by atoms with Crippen LogP contribution >= 0.6 is 11.6 Å². The van der Waals surface area contributed by atoms with Crippen LogP contribution < -0.4 is 11.2 Å². The lowest BCUT2D eigenvalue weighted by Crippen LogP contribution is -2.34. The number of hydrogen-bond donors (Lipinski definition) is 1. The highest BCUT2D eigenvalue weighted by Gasteiger charge is 2.04. The fraction of sp³-hybridized carbons (Fsp3) is 0.167. The first kappa shape index (κ1) is 11.7. The van der Waals surface area contributed by atoms with Crippen molar-refractivity contribution >= 4 is 11.6 Å². The molecule has 0 aliphatic rings. The van der Waals surface area contributed by atoms with E-state index >= 15 is 0 Å². The van der Waals surface area contributed by atoms with Crippen LogP contribution in [-0.2, 0) is 6.54 Å². The minimum absolute atomic E-state index is 0.304. The molecule has 1 N–H and O–H groups in total. The van der Waals surface area contributed by atoms with Crippen LogP contribution in [0.25, 0.3) is 11.3 Å². The van der Waals surface area contributed by atoms with Gasteiger partial charge < -0.3 is 4.98 Å². The van der Waals surface area contributed by atoms with Crippen LogP contribution in [0, 0.1) is 0 Å². The fourth-order valence-corrected chi connectivity index (χ4v) is 1.73. The van der Waals surface area contributed by atoms with E-state index in [0.717, 1.165) is 10.1 Å². The molecule has 2 aromatic rings. The standard InChI is InChI=1S/C12H11ClN2O2/c1-2-15-11(16)7-10(14-12(15)17)8-3-5-9(13)6-4-8/h3-7H,2H2,1H3,(H,14,17). The van der Waals surface area contributed by atoms with Crippen molar-refractivity contribution in [3.8, 4) is 11.3 Å². The second-order valence-corrected chi connectivity index (χ2v) is 4.01. The molecule has 0 aliphatic carbocycles. The number of aromatic amines is 1. The van der Waals surface area contributed by atoms with Crippen LogP contribution in [0.1, 0.15) is 6.92 Å². The normalized spacial score (nSPS) is 10.5. The maximum absolute atomic E-state index is 11.6. The highest BCUT2D eigenvalue weighted by atomic mass is 35.5. The van der Waals surface area contributed by atoms with Gasteiger partial charge in [-0.25, -0.2) is 4.79 Å². The highest BCUT2D eigenvalue weighted by Crippen LogP contribution is 2.17. The summed E-state index contributed by atoms with van der Waals surface area (Å²) in [4.78, 5) is 25.9. The first-order valence-electron chi connectivity index (χ1n) is 5.22. The highest BCUT2D eigenvalue weighted by molar-refractivity contribution is 6.30. The smallest absolute Gasteiger partial charge is 0.307 e. The zero-order chi connectivity index (χ0) is 12.4. The molecule has 0 radical (unpaired) electrons. The maximum Gasteiger partial charge on any atom is 0.328 e. The lowest BCUT2D eigenvalue weighted by Gasteiger charge is -2.04. The number of halogens is 1. The summed E-state index contributed by atoms with van der Waals surface area (Å²) in [5, 5.41) is 0.609. The molecule has 17 heavy (non-hydrogen) atoms. The van der Waals surface area contributed by atoms with Crippen molar-refractivity contribution in [1.29, 1.82) is 0 Å². The van der Waals surface area contributed by atoms with E-state index in [1.54, 1.807) is 31.2 Å². The van der Waals surface area contributed by atoms with E-state index in [1.165, 1.54) is 6.07 Å². The second kappa shape index (κ2) is 4.59. The van der Waals surface area contributed by atoms with E-state index in [2.05, 4.69) is 4.98 Å². The molecule has 0 amide bonds. The predicted molar refractivity (Wildman–Crippen MR) is 67.4 cm³/mol. The molecular formula is C12H11ClN2O2. The van der Waals surface area contributed by atoms with Gasteiger partial charge in [0.15, 0.2) is 0 Å². The summed E-state index contributed by atoms with van der Waals surface area (Å²) in [5.41, 5.74) is 0.555. The fourth-order valence-electron chi connectivity index (χ4n) is 1.60. The zero-order valence-corrected chi connectivity index (χ0v) is 9.99. The van der Waals surface area contributed by atoms with Gasteiger partial charge in [0.05, 0.1) is 5.69 Å². The van der Waals surface area contributed by atoms with Crippen LogP contribution in [0.2, 0.25) is 5.02 Å². The van der Waals surface area contributed by atoms with Gasteiger partial charge in [-0.2, -0.15) is 0 Å². The Morgan fingerprint density at radius 2 is 1.88 bits per heavy atom. The Morgan fingerprint density at radius 3 is 2.41 bits per heavy atom. The van der Waals surface area contributed by atoms with Crippen molar-refractivity contribution in [2.75, 3.05) is 0 Å². The van der Waals surface area contributed by atoms with E-state index < -0.39 is 5.69 Å². The third-order valence-corrected chi connectivity index (χ3v) is 2.74. The Morgan fingerprint density at radius 1 is 1.24 bits per heavy atom. The van der Waals surface area contributed by atoms with Gasteiger partial charge in [-0.05, 0) is 24.6 Å². The van der Waals surface area contributed by atoms with Crippen LogP contribution in [0.4, 0.5) is 0 Å². The molecule has 4 nitrogen and oxygen atoms in total. The van der Waals surface area contributed by atoms with Crippen molar-refractivity contribution < 1.29 is 0 Å². The largest absolute Gasteiger partial charge is 0.328 e. The molecule has 1 aromatic carbocycles. The van der Waals surface area contributed by atoms with Gasteiger partial charge in [-0.15, -0.1) is 0 Å². The van der Waals surface area contributed by atoms with Gasteiger partial charge in [-0.3, -0.25) is 9.36 Å². The maximum atomic E-state index is 11.6. The first-order valence-corrected chi connectivity index (χ1v) is 5.59. The first-order chi connectivity index (χ1) is 8.11. The van der Waals surface area contributed by atoms with E-state index in [-0.39, 0.29) is 5.56 Å². The number of nitrogens with one attached hydrogen (secondary N) is 1. The van der Waals surface area contributed by atoms with Crippen LogP contribution in [0.5, 0.6) is 0 Å². The average molecular weight is 251 g/mol. The van der Waals surface area contributed by atoms with Gasteiger partial charge in [0, 0.05) is 17.6 Å². The molecular weight excluding hydrogens is 240 g/mol. The van der Waals surface area contributed by atoms with Crippen LogP contribution in [0.15, 0.2) is 39.9 Å². The molecule has 0 spiro atoms. The zero-order valence-electron chi connectivity index (χ0n) is 9.24. The molecule has 0 fully saturated rings. The quantitative estimate of drug-likeness (QED) is 0.885. The summed E-state index contributed by atoms with van der Waals surface area (Å²) in [6.45, 7) is 2.10. The van der Waals surface area contributed by atoms with Crippen molar-refractivity contribution in [2.24, 2.45) is 0 Å². The van der Waals surface area contributed by atoms with Gasteiger partial charge in [-0.1, -0.05) is 23.7 Å². The monoisotopic (exact) mass is 250 g/mol. The Balaban J connectivity index is 2.58. The predicted octanol–water partition coefficient (Wildman–Crippen LogP) is 1.88. The third-order valence-electron chi connectivity index (χ3n) is 2.49. The Labute approximate surface area is 102 Å². The number of hydrogen-bond acceptors (Lipinski definition) is 2. The van der Waals surface area contributed by atoms with Crippen molar-refractivity contribution in [3.63, 3.8) is 0 Å². The Bertz CT molecular complexity index is 610. The summed E-state index contributed by atoms with van der Waals surface area (Å²) in [6.07, 6.45) is 0. The molecule has 1 heterocycles. The Kier molecular flexibility index (Phi) is 3.15. The van der Waals surface area contributed by atoms with E-state index in [4.69, 9.17) is 11.6 Å². The molecule has 88 valence electrons. The SMILES string of the molecule is CCn1c(=O)cc(-c2ccc(Cl)cc2)[nH]c1=O. The van der Waals surface area contributed by atoms with Crippen LogP contribution in [-0.4, -0.2) is 9.55 Å². The van der Waals surface area contributed by atoms with Crippen molar-refractivity contribution in [1.82, 2.24) is 9.55 Å². The molecule has 1 aromatic heterocycles. The van der Waals surface area contributed by atoms with E-state index in [1.807, 2.05) is 0 Å². The average Bonchev–Trinajstić information content (AvgIpc) is 2.29. The van der Waals surface area contributed by atoms with Crippen LogP contribution in [0.3, 0.4) is 0 Å². The molecule has 0 saturated heterocycles. The minimum atomic E-state index is -0.398. The summed E-state index contributed by atoms with van der Waals surface area (Å²) < 4.78 is 1.14. The molecule has 0 unspecified atom stereocenters. The van der Waals surface area contributed by atoms with Crippen molar-refractivity contribution in [2.45, 2.75) is 13.5 Å². The van der Waals surface area contributed by atoms with Gasteiger partial charge in [0.2, 0.25) is 0 Å². The summed E-state index contributed by atoms with van der Waals surface area (Å²) in [5.74, 6) is 0. The number of aromatic nitrogens is 2. The molecule has 0 aliphatic heterocycles. The topological polar surface area (TPSA) is 54.9 Å². The lowest BCUT2D eigenvalue weighted by atomic mass is 10.1. The summed E-state index contributed by atoms with van der Waals surface area (Å²) >= 11 is 5.77. The molecule has 0 saturated carbocycles.